The van der Waals surface area contributed by atoms with E-state index in [0.717, 1.165) is 18.0 Å². The van der Waals surface area contributed by atoms with E-state index in [1.165, 1.54) is 15.3 Å². The summed E-state index contributed by atoms with van der Waals surface area (Å²) >= 11 is 8.12. The van der Waals surface area contributed by atoms with Crippen molar-refractivity contribution in [2.45, 2.75) is 52.1 Å². The second-order valence-electron chi connectivity index (χ2n) is 6.59. The summed E-state index contributed by atoms with van der Waals surface area (Å²) < 4.78 is 0. The third kappa shape index (κ3) is 4.84. The summed E-state index contributed by atoms with van der Waals surface area (Å²) in [5, 5.41) is 4.45. The van der Waals surface area contributed by atoms with Crippen LogP contribution in [0.5, 0.6) is 0 Å². The van der Waals surface area contributed by atoms with Gasteiger partial charge in [0, 0.05) is 27.4 Å². The van der Waals surface area contributed by atoms with Crippen molar-refractivity contribution in [3.8, 4) is 0 Å². The van der Waals surface area contributed by atoms with Crippen LogP contribution in [0.25, 0.3) is 0 Å². The largest absolute Gasteiger partial charge is 0.309 e. The molecule has 1 aromatic heterocycles. The predicted octanol–water partition coefficient (Wildman–Crippen LogP) is 5.42. The Bertz CT molecular complexity index is 583. The maximum atomic E-state index is 6.21. The van der Waals surface area contributed by atoms with Crippen LogP contribution in [0.4, 0.5) is 0 Å². The fraction of sp³-hybridized carbons (Fsp3) is 0.444. The molecule has 2 rings (SSSR count). The fourth-order valence-corrected chi connectivity index (χ4v) is 3.45. The van der Waals surface area contributed by atoms with E-state index in [4.69, 9.17) is 11.6 Å². The highest BCUT2D eigenvalue weighted by molar-refractivity contribution is 7.12. The molecule has 0 aliphatic rings. The molecule has 0 aliphatic carbocycles. The van der Waals surface area contributed by atoms with Gasteiger partial charge in [-0.25, -0.2) is 0 Å². The van der Waals surface area contributed by atoms with E-state index >= 15 is 0 Å². The van der Waals surface area contributed by atoms with Crippen molar-refractivity contribution in [2.24, 2.45) is 0 Å². The second kappa shape index (κ2) is 6.95. The molecule has 1 heterocycles. The average molecular weight is 322 g/mol. The highest BCUT2D eigenvalue weighted by atomic mass is 35.5. The van der Waals surface area contributed by atoms with Gasteiger partial charge in [-0.15, -0.1) is 11.3 Å². The molecule has 2 aromatic rings. The molecule has 3 heteroatoms. The van der Waals surface area contributed by atoms with Gasteiger partial charge in [0.2, 0.25) is 0 Å². The van der Waals surface area contributed by atoms with Crippen molar-refractivity contribution in [1.82, 2.24) is 5.32 Å². The van der Waals surface area contributed by atoms with Crippen molar-refractivity contribution in [3.05, 3.63) is 56.7 Å². The Balaban J connectivity index is 1.88. The van der Waals surface area contributed by atoms with Crippen molar-refractivity contribution in [1.29, 1.82) is 0 Å². The molecule has 1 N–H and O–H groups in total. The molecule has 0 saturated carbocycles. The Hall–Kier alpha value is -0.830. The van der Waals surface area contributed by atoms with Crippen LogP contribution in [0, 0.1) is 0 Å². The van der Waals surface area contributed by atoms with Crippen molar-refractivity contribution < 1.29 is 0 Å². The highest BCUT2D eigenvalue weighted by Crippen LogP contribution is 2.29. The van der Waals surface area contributed by atoms with Gasteiger partial charge in [0.05, 0.1) is 0 Å². The molecule has 0 saturated heterocycles. The number of rotatable bonds is 5. The maximum absolute atomic E-state index is 6.21. The van der Waals surface area contributed by atoms with E-state index < -0.39 is 0 Å². The molecule has 1 atom stereocenters. The zero-order chi connectivity index (χ0) is 15.5. The lowest BCUT2D eigenvalue weighted by Gasteiger charge is -2.16. The molecule has 1 nitrogen and oxygen atoms in total. The van der Waals surface area contributed by atoms with E-state index in [0.29, 0.717) is 6.04 Å². The van der Waals surface area contributed by atoms with Gasteiger partial charge >= 0.3 is 0 Å². The first kappa shape index (κ1) is 16.5. The summed E-state index contributed by atoms with van der Waals surface area (Å²) in [7, 11) is 0. The van der Waals surface area contributed by atoms with Gasteiger partial charge < -0.3 is 5.32 Å². The SMILES string of the molecule is CC(Cc1ccccc1Cl)NCc1ccc(C(C)(C)C)s1. The van der Waals surface area contributed by atoms with Crippen molar-refractivity contribution in [3.63, 3.8) is 0 Å². The van der Waals surface area contributed by atoms with Crippen LogP contribution in [-0.2, 0) is 18.4 Å². The quantitative estimate of drug-likeness (QED) is 0.775. The van der Waals surface area contributed by atoms with E-state index in [1.807, 2.05) is 29.5 Å². The van der Waals surface area contributed by atoms with Gasteiger partial charge in [-0.05, 0) is 42.5 Å². The lowest BCUT2D eigenvalue weighted by atomic mass is 9.95. The molecule has 114 valence electrons. The molecule has 0 aliphatic heterocycles. The van der Waals surface area contributed by atoms with Crippen LogP contribution < -0.4 is 5.32 Å². The van der Waals surface area contributed by atoms with Gasteiger partial charge in [-0.2, -0.15) is 0 Å². The third-order valence-electron chi connectivity index (χ3n) is 3.51. The van der Waals surface area contributed by atoms with Crippen LogP contribution in [0.15, 0.2) is 36.4 Å². The van der Waals surface area contributed by atoms with Gasteiger partial charge in [-0.3, -0.25) is 0 Å². The molecule has 1 unspecified atom stereocenters. The van der Waals surface area contributed by atoms with Gasteiger partial charge in [0.25, 0.3) is 0 Å². The summed E-state index contributed by atoms with van der Waals surface area (Å²) in [6.45, 7) is 9.91. The summed E-state index contributed by atoms with van der Waals surface area (Å²) in [6.07, 6.45) is 0.956. The number of nitrogens with one attached hydrogen (secondary N) is 1. The first-order valence-corrected chi connectivity index (χ1v) is 8.61. The molecule has 21 heavy (non-hydrogen) atoms. The fourth-order valence-electron chi connectivity index (χ4n) is 2.22. The maximum Gasteiger partial charge on any atom is 0.0438 e. The van der Waals surface area contributed by atoms with Crippen LogP contribution in [-0.4, -0.2) is 6.04 Å². The standard InChI is InChI=1S/C18H24ClNS/c1-13(11-14-7-5-6-8-16(14)19)20-12-15-9-10-17(21-15)18(2,3)4/h5-10,13,20H,11-12H2,1-4H3. The minimum atomic E-state index is 0.242. The summed E-state index contributed by atoms with van der Waals surface area (Å²) in [5.74, 6) is 0. The lowest BCUT2D eigenvalue weighted by molar-refractivity contribution is 0.549. The normalized spacial score (nSPS) is 13.4. The third-order valence-corrected chi connectivity index (χ3v) is 5.39. The summed E-state index contributed by atoms with van der Waals surface area (Å²) in [6, 6.07) is 13.0. The van der Waals surface area contributed by atoms with Crippen LogP contribution in [0.3, 0.4) is 0 Å². The van der Waals surface area contributed by atoms with Gasteiger partial charge in [0.1, 0.15) is 0 Å². The Kier molecular flexibility index (Phi) is 5.48. The Morgan fingerprint density at radius 1 is 1.14 bits per heavy atom. The Labute approximate surface area is 137 Å². The zero-order valence-electron chi connectivity index (χ0n) is 13.2. The molecular formula is C18H24ClNS. The van der Waals surface area contributed by atoms with Crippen LogP contribution in [0.2, 0.25) is 5.02 Å². The van der Waals surface area contributed by atoms with Crippen LogP contribution in [0.1, 0.15) is 43.0 Å². The minimum absolute atomic E-state index is 0.242. The Morgan fingerprint density at radius 2 is 1.86 bits per heavy atom. The topological polar surface area (TPSA) is 12.0 Å². The summed E-state index contributed by atoms with van der Waals surface area (Å²) in [5.41, 5.74) is 1.45. The van der Waals surface area contributed by atoms with E-state index in [9.17, 15) is 0 Å². The number of hydrogen-bond acceptors (Lipinski definition) is 2. The first-order chi connectivity index (χ1) is 9.86. The number of benzene rings is 1. The molecule has 0 amide bonds. The lowest BCUT2D eigenvalue weighted by Crippen LogP contribution is -2.27. The minimum Gasteiger partial charge on any atom is -0.309 e. The number of hydrogen-bond donors (Lipinski definition) is 1. The van der Waals surface area contributed by atoms with Crippen molar-refractivity contribution >= 4 is 22.9 Å². The molecule has 0 bridgehead atoms. The van der Waals surface area contributed by atoms with Gasteiger partial charge in [0.15, 0.2) is 0 Å². The second-order valence-corrected chi connectivity index (χ2v) is 8.17. The highest BCUT2D eigenvalue weighted by Gasteiger charge is 2.16. The number of thiophene rings is 1. The molecule has 1 aromatic carbocycles. The number of halogens is 1. The van der Waals surface area contributed by atoms with Gasteiger partial charge in [-0.1, -0.05) is 50.6 Å². The molecular weight excluding hydrogens is 298 g/mol. The van der Waals surface area contributed by atoms with Crippen LogP contribution >= 0.6 is 22.9 Å². The molecule has 0 fully saturated rings. The monoisotopic (exact) mass is 321 g/mol. The average Bonchev–Trinajstić information content (AvgIpc) is 2.88. The molecule has 0 radical (unpaired) electrons. The van der Waals surface area contributed by atoms with Crippen molar-refractivity contribution in [2.75, 3.05) is 0 Å². The Morgan fingerprint density at radius 3 is 2.48 bits per heavy atom. The van der Waals surface area contributed by atoms with E-state index in [2.05, 4.69) is 51.2 Å². The zero-order valence-corrected chi connectivity index (χ0v) is 14.8. The summed E-state index contributed by atoms with van der Waals surface area (Å²) in [4.78, 5) is 2.84. The smallest absolute Gasteiger partial charge is 0.0438 e. The first-order valence-electron chi connectivity index (χ1n) is 7.42. The predicted molar refractivity (Wildman–Crippen MR) is 94.5 cm³/mol. The van der Waals surface area contributed by atoms with E-state index in [-0.39, 0.29) is 5.41 Å². The molecule has 0 spiro atoms. The van der Waals surface area contributed by atoms with E-state index in [1.54, 1.807) is 0 Å².